The van der Waals surface area contributed by atoms with Crippen molar-refractivity contribution in [3.8, 4) is 0 Å². The number of para-hydroxylation sites is 1. The number of Topliss-reactive ketones (excluding diaryl/α,β-unsaturated/α-hetero) is 1. The lowest BCUT2D eigenvalue weighted by Gasteiger charge is -2.21. The van der Waals surface area contributed by atoms with Crippen LogP contribution in [-0.4, -0.2) is 10.9 Å². The topological polar surface area (TPSA) is 41.1 Å². The number of anilines is 2. The molecule has 0 aliphatic heterocycles. The van der Waals surface area contributed by atoms with E-state index in [2.05, 4.69) is 56.5 Å². The minimum Gasteiger partial charge on any atom is -0.332 e. The molecule has 3 nitrogen and oxygen atoms in total. The molecule has 0 atom stereocenters. The number of carbonyl (C=O) groups excluding carboxylic acids is 1. The van der Waals surface area contributed by atoms with E-state index in [1.165, 1.54) is 11.1 Å². The zero-order valence-electron chi connectivity index (χ0n) is 15.5. The van der Waals surface area contributed by atoms with Gasteiger partial charge in [-0.3, -0.25) is 4.79 Å². The molecule has 0 heterocycles. The largest absolute Gasteiger partial charge is 0.332 e. The van der Waals surface area contributed by atoms with Gasteiger partial charge in [0.05, 0.1) is 0 Å². The average molecular weight is 355 g/mol. The van der Waals surface area contributed by atoms with Crippen LogP contribution in [0.1, 0.15) is 67.9 Å². The molecule has 25 heavy (non-hydrogen) atoms. The lowest BCUT2D eigenvalue weighted by molar-refractivity contribution is 0.101. The molecular weight excluding hydrogens is 328 g/mol. The molecular formula is C21H26N2OS. The summed E-state index contributed by atoms with van der Waals surface area (Å²) >= 11 is 5.51. The molecule has 0 saturated carbocycles. The number of nitrogens with one attached hydrogen (secondary N) is 2. The fourth-order valence-electron chi connectivity index (χ4n) is 2.76. The van der Waals surface area contributed by atoms with Crippen molar-refractivity contribution in [1.82, 2.24) is 0 Å². The highest BCUT2D eigenvalue weighted by Gasteiger charge is 2.14. The van der Waals surface area contributed by atoms with Crippen molar-refractivity contribution >= 4 is 34.5 Å². The van der Waals surface area contributed by atoms with Crippen molar-refractivity contribution in [3.05, 3.63) is 59.2 Å². The number of hydrogen-bond donors (Lipinski definition) is 2. The van der Waals surface area contributed by atoms with Crippen molar-refractivity contribution in [2.45, 2.75) is 46.5 Å². The van der Waals surface area contributed by atoms with Gasteiger partial charge in [-0.1, -0.05) is 45.9 Å². The fraction of sp³-hybridized carbons (Fsp3) is 0.333. The summed E-state index contributed by atoms with van der Waals surface area (Å²) in [6.45, 7) is 10.3. The molecule has 0 aliphatic rings. The van der Waals surface area contributed by atoms with Gasteiger partial charge in [-0.05, 0) is 66.4 Å². The normalized spacial score (nSPS) is 10.8. The van der Waals surface area contributed by atoms with Crippen LogP contribution < -0.4 is 10.6 Å². The maximum atomic E-state index is 11.4. The first-order valence-corrected chi connectivity index (χ1v) is 9.02. The van der Waals surface area contributed by atoms with E-state index in [0.29, 0.717) is 22.5 Å². The molecule has 0 unspecified atom stereocenters. The summed E-state index contributed by atoms with van der Waals surface area (Å²) in [4.78, 5) is 11.4. The number of hydrogen-bond acceptors (Lipinski definition) is 2. The van der Waals surface area contributed by atoms with Crippen LogP contribution in [0.3, 0.4) is 0 Å². The molecule has 0 fully saturated rings. The summed E-state index contributed by atoms with van der Waals surface area (Å²) in [5.74, 6) is 0.859. The Balaban J connectivity index is 2.21. The van der Waals surface area contributed by atoms with Crippen LogP contribution in [-0.2, 0) is 0 Å². The van der Waals surface area contributed by atoms with Crippen LogP contribution in [0.5, 0.6) is 0 Å². The maximum Gasteiger partial charge on any atom is 0.175 e. The molecule has 0 spiro atoms. The summed E-state index contributed by atoms with van der Waals surface area (Å²) in [5, 5.41) is 7.13. The van der Waals surface area contributed by atoms with Crippen LogP contribution in [0, 0.1) is 0 Å². The summed E-state index contributed by atoms with van der Waals surface area (Å²) in [6, 6.07) is 13.7. The molecule has 0 aliphatic carbocycles. The zero-order chi connectivity index (χ0) is 18.6. The molecule has 0 amide bonds. The van der Waals surface area contributed by atoms with E-state index in [4.69, 9.17) is 12.2 Å². The van der Waals surface area contributed by atoms with E-state index in [1.54, 1.807) is 19.1 Å². The van der Waals surface area contributed by atoms with Gasteiger partial charge in [0.15, 0.2) is 10.9 Å². The first-order valence-electron chi connectivity index (χ1n) is 8.61. The number of carbonyl (C=O) groups is 1. The smallest absolute Gasteiger partial charge is 0.175 e. The second kappa shape index (κ2) is 8.26. The minimum atomic E-state index is 0.0553. The van der Waals surface area contributed by atoms with E-state index in [-0.39, 0.29) is 5.78 Å². The molecule has 0 saturated heterocycles. The monoisotopic (exact) mass is 354 g/mol. The fourth-order valence-corrected chi connectivity index (χ4v) is 2.98. The molecule has 132 valence electrons. The highest BCUT2D eigenvalue weighted by molar-refractivity contribution is 7.80. The molecule has 0 aromatic heterocycles. The Labute approximate surface area is 155 Å². The van der Waals surface area contributed by atoms with E-state index in [1.807, 2.05) is 12.1 Å². The lowest BCUT2D eigenvalue weighted by atomic mass is 9.93. The minimum absolute atomic E-state index is 0.0553. The Morgan fingerprint density at radius 2 is 1.40 bits per heavy atom. The molecule has 2 aromatic carbocycles. The van der Waals surface area contributed by atoms with Gasteiger partial charge in [-0.2, -0.15) is 0 Å². The maximum absolute atomic E-state index is 11.4. The van der Waals surface area contributed by atoms with Gasteiger partial charge in [-0.25, -0.2) is 0 Å². The summed E-state index contributed by atoms with van der Waals surface area (Å²) in [6.07, 6.45) is 0. The van der Waals surface area contributed by atoms with E-state index >= 15 is 0 Å². The van der Waals surface area contributed by atoms with Crippen LogP contribution in [0.4, 0.5) is 11.4 Å². The second-order valence-corrected chi connectivity index (χ2v) is 7.24. The third-order valence-electron chi connectivity index (χ3n) is 4.16. The molecule has 2 aromatic rings. The lowest BCUT2D eigenvalue weighted by Crippen LogP contribution is -2.21. The summed E-state index contributed by atoms with van der Waals surface area (Å²) in [7, 11) is 0. The number of ketones is 1. The van der Waals surface area contributed by atoms with Crippen molar-refractivity contribution in [2.75, 3.05) is 10.6 Å². The van der Waals surface area contributed by atoms with E-state index in [9.17, 15) is 4.79 Å². The van der Waals surface area contributed by atoms with Gasteiger partial charge in [-0.15, -0.1) is 0 Å². The molecule has 2 N–H and O–H groups in total. The van der Waals surface area contributed by atoms with Gasteiger partial charge in [0.25, 0.3) is 0 Å². The Kier molecular flexibility index (Phi) is 6.32. The molecule has 0 bridgehead atoms. The highest BCUT2D eigenvalue weighted by Crippen LogP contribution is 2.32. The van der Waals surface area contributed by atoms with Crippen LogP contribution in [0.25, 0.3) is 0 Å². The van der Waals surface area contributed by atoms with E-state index < -0.39 is 0 Å². The molecule has 2 rings (SSSR count). The number of rotatable bonds is 5. The average Bonchev–Trinajstić information content (AvgIpc) is 2.54. The van der Waals surface area contributed by atoms with Crippen molar-refractivity contribution in [2.24, 2.45) is 0 Å². The first-order chi connectivity index (χ1) is 11.8. The second-order valence-electron chi connectivity index (χ2n) is 6.83. The third-order valence-corrected chi connectivity index (χ3v) is 4.36. The van der Waals surface area contributed by atoms with Crippen molar-refractivity contribution in [3.63, 3.8) is 0 Å². The molecule has 0 radical (unpaired) electrons. The SMILES string of the molecule is CC(=O)c1ccc(NC(=S)Nc2c(C(C)C)cccc2C(C)C)cc1. The highest BCUT2D eigenvalue weighted by atomic mass is 32.1. The predicted molar refractivity (Wildman–Crippen MR) is 111 cm³/mol. The molecule has 4 heteroatoms. The van der Waals surface area contributed by atoms with Crippen molar-refractivity contribution in [1.29, 1.82) is 0 Å². The third kappa shape index (κ3) is 4.89. The summed E-state index contributed by atoms with van der Waals surface area (Å²) < 4.78 is 0. The summed E-state index contributed by atoms with van der Waals surface area (Å²) in [5.41, 5.74) is 5.14. The van der Waals surface area contributed by atoms with Crippen molar-refractivity contribution < 1.29 is 4.79 Å². The Hall–Kier alpha value is -2.20. The first kappa shape index (κ1) is 19.1. The van der Waals surface area contributed by atoms with Gasteiger partial charge < -0.3 is 10.6 Å². The Morgan fingerprint density at radius 3 is 1.84 bits per heavy atom. The number of thiocarbonyl (C=S) groups is 1. The zero-order valence-corrected chi connectivity index (χ0v) is 16.3. The Bertz CT molecular complexity index is 738. The quantitative estimate of drug-likeness (QED) is 0.514. The Morgan fingerprint density at radius 1 is 0.880 bits per heavy atom. The van der Waals surface area contributed by atoms with E-state index in [0.717, 1.165) is 11.4 Å². The van der Waals surface area contributed by atoms with Gasteiger partial charge >= 0.3 is 0 Å². The van der Waals surface area contributed by atoms with Gasteiger partial charge in [0, 0.05) is 16.9 Å². The predicted octanol–water partition coefficient (Wildman–Crippen LogP) is 5.94. The standard InChI is InChI=1S/C21H26N2OS/c1-13(2)18-7-6-8-19(14(3)4)20(18)23-21(25)22-17-11-9-16(10-12-17)15(5)24/h6-14H,1-5H3,(H2,22,23,25). The van der Waals surface area contributed by atoms with Crippen LogP contribution in [0.15, 0.2) is 42.5 Å². The van der Waals surface area contributed by atoms with Crippen LogP contribution in [0.2, 0.25) is 0 Å². The van der Waals surface area contributed by atoms with Gasteiger partial charge in [0.1, 0.15) is 0 Å². The van der Waals surface area contributed by atoms with Gasteiger partial charge in [0.2, 0.25) is 0 Å². The van der Waals surface area contributed by atoms with Crippen LogP contribution >= 0.6 is 12.2 Å². The number of benzene rings is 2.